The van der Waals surface area contributed by atoms with Crippen molar-refractivity contribution in [2.75, 3.05) is 19.7 Å². The molecule has 0 atom stereocenters. The first-order valence-electron chi connectivity index (χ1n) is 5.64. The van der Waals surface area contributed by atoms with Crippen LogP contribution in [0, 0.1) is 5.82 Å². The summed E-state index contributed by atoms with van der Waals surface area (Å²) in [7, 11) is 0. The number of benzene rings is 1. The molecular formula is C12H19FIN3O. The van der Waals surface area contributed by atoms with Gasteiger partial charge in [-0.25, -0.2) is 4.39 Å². The third-order valence-electron chi connectivity index (χ3n) is 1.98. The molecule has 6 heteroatoms. The van der Waals surface area contributed by atoms with Crippen LogP contribution in [-0.2, 0) is 0 Å². The Morgan fingerprint density at radius 3 is 2.94 bits per heavy atom. The van der Waals surface area contributed by atoms with Gasteiger partial charge in [0.15, 0.2) is 5.96 Å². The highest BCUT2D eigenvalue weighted by Crippen LogP contribution is 2.11. The molecule has 18 heavy (non-hydrogen) atoms. The number of guanidine groups is 1. The maximum atomic E-state index is 12.8. The van der Waals surface area contributed by atoms with Crippen LogP contribution in [0.3, 0.4) is 0 Å². The van der Waals surface area contributed by atoms with E-state index in [1.54, 1.807) is 12.1 Å². The lowest BCUT2D eigenvalue weighted by atomic mass is 10.3. The van der Waals surface area contributed by atoms with Gasteiger partial charge in [0, 0.05) is 12.6 Å². The normalized spacial score (nSPS) is 10.7. The fourth-order valence-electron chi connectivity index (χ4n) is 1.19. The van der Waals surface area contributed by atoms with E-state index in [4.69, 9.17) is 10.5 Å². The summed E-state index contributed by atoms with van der Waals surface area (Å²) in [6.45, 7) is 3.69. The largest absolute Gasteiger partial charge is 0.492 e. The number of nitrogens with two attached hydrogens (primary N) is 1. The highest BCUT2D eigenvalue weighted by atomic mass is 127. The van der Waals surface area contributed by atoms with Crippen molar-refractivity contribution in [3.63, 3.8) is 0 Å². The quantitative estimate of drug-likeness (QED) is 0.351. The first-order chi connectivity index (χ1) is 8.22. The highest BCUT2D eigenvalue weighted by Gasteiger charge is 1.96. The molecule has 1 aromatic rings. The second-order valence-electron chi connectivity index (χ2n) is 3.50. The molecule has 1 aromatic carbocycles. The molecule has 0 amide bonds. The Balaban J connectivity index is 0.00000289. The molecule has 0 bridgehead atoms. The van der Waals surface area contributed by atoms with E-state index in [1.807, 2.05) is 6.92 Å². The number of rotatable bonds is 6. The Labute approximate surface area is 124 Å². The topological polar surface area (TPSA) is 59.6 Å². The van der Waals surface area contributed by atoms with Crippen molar-refractivity contribution >= 4 is 29.9 Å². The fraction of sp³-hybridized carbons (Fsp3) is 0.417. The maximum absolute atomic E-state index is 12.8. The average molecular weight is 367 g/mol. The molecule has 102 valence electrons. The Kier molecular flexibility index (Phi) is 9.35. The van der Waals surface area contributed by atoms with Crippen molar-refractivity contribution in [2.24, 2.45) is 10.7 Å². The predicted octanol–water partition coefficient (Wildman–Crippen LogP) is 2.14. The zero-order valence-electron chi connectivity index (χ0n) is 10.4. The van der Waals surface area contributed by atoms with Crippen LogP contribution in [0.4, 0.5) is 4.39 Å². The summed E-state index contributed by atoms with van der Waals surface area (Å²) in [6.07, 6.45) is 0.960. The summed E-state index contributed by atoms with van der Waals surface area (Å²) in [5.74, 6) is 0.616. The van der Waals surface area contributed by atoms with E-state index in [0.717, 1.165) is 6.42 Å². The third kappa shape index (κ3) is 7.31. The van der Waals surface area contributed by atoms with Gasteiger partial charge in [-0.15, -0.1) is 24.0 Å². The van der Waals surface area contributed by atoms with Crippen molar-refractivity contribution in [3.8, 4) is 5.75 Å². The average Bonchev–Trinajstić information content (AvgIpc) is 2.32. The first kappa shape index (κ1) is 16.9. The molecule has 4 nitrogen and oxygen atoms in total. The standard InChI is InChI=1S/C12H18FN3O.HI/c1-2-6-15-12(14)16-7-8-17-11-5-3-4-10(13)9-11;/h3-5,9H,2,6-8H2,1H3,(H3,14,15,16);1H. The number of nitrogens with one attached hydrogen (secondary N) is 1. The van der Waals surface area contributed by atoms with E-state index in [1.165, 1.54) is 12.1 Å². The minimum Gasteiger partial charge on any atom is -0.492 e. The molecule has 0 aliphatic rings. The molecule has 0 fully saturated rings. The van der Waals surface area contributed by atoms with Crippen LogP contribution < -0.4 is 15.8 Å². The van der Waals surface area contributed by atoms with E-state index < -0.39 is 0 Å². The van der Waals surface area contributed by atoms with Crippen molar-refractivity contribution in [3.05, 3.63) is 30.1 Å². The molecule has 0 radical (unpaired) electrons. The molecule has 3 N–H and O–H groups in total. The maximum Gasteiger partial charge on any atom is 0.188 e. The minimum atomic E-state index is -0.306. The summed E-state index contributed by atoms with van der Waals surface area (Å²) in [5, 5.41) is 2.91. The SMILES string of the molecule is CCCN=C(N)NCCOc1cccc(F)c1.I. The second kappa shape index (κ2) is 9.93. The van der Waals surface area contributed by atoms with Gasteiger partial charge in [-0.05, 0) is 18.6 Å². The van der Waals surface area contributed by atoms with Gasteiger partial charge in [0.05, 0.1) is 6.54 Å². The highest BCUT2D eigenvalue weighted by molar-refractivity contribution is 14.0. The lowest BCUT2D eigenvalue weighted by Gasteiger charge is -2.07. The minimum absolute atomic E-state index is 0. The van der Waals surface area contributed by atoms with Crippen LogP contribution in [-0.4, -0.2) is 25.7 Å². The summed E-state index contributed by atoms with van der Waals surface area (Å²) in [6, 6.07) is 6.03. The Morgan fingerprint density at radius 2 is 2.28 bits per heavy atom. The van der Waals surface area contributed by atoms with E-state index >= 15 is 0 Å². The van der Waals surface area contributed by atoms with E-state index in [0.29, 0.717) is 31.4 Å². The van der Waals surface area contributed by atoms with E-state index in [2.05, 4.69) is 10.3 Å². The fourth-order valence-corrected chi connectivity index (χ4v) is 1.19. The lowest BCUT2D eigenvalue weighted by molar-refractivity contribution is 0.320. The Morgan fingerprint density at radius 1 is 1.50 bits per heavy atom. The summed E-state index contributed by atoms with van der Waals surface area (Å²) >= 11 is 0. The van der Waals surface area contributed by atoms with Crippen molar-refractivity contribution in [2.45, 2.75) is 13.3 Å². The molecule has 0 aliphatic heterocycles. The Bertz CT molecular complexity index is 374. The van der Waals surface area contributed by atoms with Crippen molar-refractivity contribution in [1.29, 1.82) is 0 Å². The van der Waals surface area contributed by atoms with E-state index in [9.17, 15) is 4.39 Å². The van der Waals surface area contributed by atoms with Gasteiger partial charge in [-0.1, -0.05) is 13.0 Å². The number of hydrogen-bond acceptors (Lipinski definition) is 2. The molecular weight excluding hydrogens is 348 g/mol. The van der Waals surface area contributed by atoms with Crippen LogP contribution in [0.2, 0.25) is 0 Å². The van der Waals surface area contributed by atoms with Gasteiger partial charge in [-0.3, -0.25) is 4.99 Å². The molecule has 0 aliphatic carbocycles. The van der Waals surface area contributed by atoms with Crippen LogP contribution in [0.1, 0.15) is 13.3 Å². The van der Waals surface area contributed by atoms with Gasteiger partial charge in [0.1, 0.15) is 18.2 Å². The molecule has 0 aromatic heterocycles. The van der Waals surface area contributed by atoms with Gasteiger partial charge in [0.2, 0.25) is 0 Å². The number of aliphatic imine (C=N–C) groups is 1. The zero-order chi connectivity index (χ0) is 12.5. The van der Waals surface area contributed by atoms with Crippen LogP contribution in [0.25, 0.3) is 0 Å². The predicted molar refractivity (Wildman–Crippen MR) is 82.1 cm³/mol. The molecule has 0 saturated carbocycles. The molecule has 0 unspecified atom stereocenters. The van der Waals surface area contributed by atoms with Gasteiger partial charge in [-0.2, -0.15) is 0 Å². The second-order valence-corrected chi connectivity index (χ2v) is 3.50. The van der Waals surface area contributed by atoms with Crippen LogP contribution in [0.15, 0.2) is 29.3 Å². The third-order valence-corrected chi connectivity index (χ3v) is 1.98. The number of nitrogens with zero attached hydrogens (tertiary/aromatic N) is 1. The van der Waals surface area contributed by atoms with E-state index in [-0.39, 0.29) is 29.8 Å². The first-order valence-corrected chi connectivity index (χ1v) is 5.64. The zero-order valence-corrected chi connectivity index (χ0v) is 12.7. The number of hydrogen-bond donors (Lipinski definition) is 2. The summed E-state index contributed by atoms with van der Waals surface area (Å²) in [5.41, 5.74) is 5.59. The molecule has 1 rings (SSSR count). The van der Waals surface area contributed by atoms with Gasteiger partial charge in [0.25, 0.3) is 0 Å². The van der Waals surface area contributed by atoms with Crippen LogP contribution in [0.5, 0.6) is 5.75 Å². The number of halogens is 2. The van der Waals surface area contributed by atoms with Crippen LogP contribution >= 0.6 is 24.0 Å². The Hall–Kier alpha value is -1.05. The smallest absolute Gasteiger partial charge is 0.188 e. The summed E-state index contributed by atoms with van der Waals surface area (Å²) < 4.78 is 18.1. The van der Waals surface area contributed by atoms with Gasteiger partial charge < -0.3 is 15.8 Å². The molecule has 0 saturated heterocycles. The molecule has 0 heterocycles. The number of ether oxygens (including phenoxy) is 1. The van der Waals surface area contributed by atoms with Crippen molar-refractivity contribution in [1.82, 2.24) is 5.32 Å². The summed E-state index contributed by atoms with van der Waals surface area (Å²) in [4.78, 5) is 4.07. The van der Waals surface area contributed by atoms with Crippen molar-refractivity contribution < 1.29 is 9.13 Å². The molecule has 0 spiro atoms. The van der Waals surface area contributed by atoms with Gasteiger partial charge >= 0.3 is 0 Å². The monoisotopic (exact) mass is 367 g/mol. The lowest BCUT2D eigenvalue weighted by Crippen LogP contribution is -2.34.